The van der Waals surface area contributed by atoms with E-state index in [1.165, 1.54) is 57.6 Å². The molecular formula is C15H32N2. The van der Waals surface area contributed by atoms with Gasteiger partial charge in [-0.3, -0.25) is 0 Å². The highest BCUT2D eigenvalue weighted by Crippen LogP contribution is 2.08. The summed E-state index contributed by atoms with van der Waals surface area (Å²) in [6, 6.07) is 0. The van der Waals surface area contributed by atoms with E-state index in [1.807, 2.05) is 0 Å². The van der Waals surface area contributed by atoms with Crippen LogP contribution in [0.2, 0.25) is 0 Å². The van der Waals surface area contributed by atoms with Gasteiger partial charge >= 0.3 is 0 Å². The third kappa shape index (κ3) is 7.30. The van der Waals surface area contributed by atoms with Crippen molar-refractivity contribution in [1.29, 1.82) is 0 Å². The third-order valence-electron chi connectivity index (χ3n) is 2.88. The summed E-state index contributed by atoms with van der Waals surface area (Å²) in [5.74, 6) is 0. The fourth-order valence-electron chi connectivity index (χ4n) is 2.17. The summed E-state index contributed by atoms with van der Waals surface area (Å²) in [5.41, 5.74) is 1.43. The SMILES string of the molecule is CCCN(C=C(C)N(CCC)CCC)CCC. The van der Waals surface area contributed by atoms with Crippen LogP contribution in [-0.4, -0.2) is 36.0 Å². The van der Waals surface area contributed by atoms with Gasteiger partial charge in [0.2, 0.25) is 0 Å². The molecule has 17 heavy (non-hydrogen) atoms. The standard InChI is InChI=1S/C15H32N2/c1-6-10-16(11-7-2)14-15(5)17(12-8-3)13-9-4/h14H,6-13H2,1-5H3. The fraction of sp³-hybridized carbons (Fsp3) is 0.867. The Morgan fingerprint density at radius 2 is 1.18 bits per heavy atom. The molecule has 0 bridgehead atoms. The zero-order valence-electron chi connectivity index (χ0n) is 12.6. The van der Waals surface area contributed by atoms with E-state index in [2.05, 4.69) is 50.6 Å². The summed E-state index contributed by atoms with van der Waals surface area (Å²) in [5, 5.41) is 0. The van der Waals surface area contributed by atoms with E-state index in [1.54, 1.807) is 0 Å². The van der Waals surface area contributed by atoms with Crippen molar-refractivity contribution in [3.63, 3.8) is 0 Å². The summed E-state index contributed by atoms with van der Waals surface area (Å²) < 4.78 is 0. The first-order valence-corrected chi connectivity index (χ1v) is 7.36. The van der Waals surface area contributed by atoms with Gasteiger partial charge in [-0.05, 0) is 32.6 Å². The maximum absolute atomic E-state index is 2.51. The highest BCUT2D eigenvalue weighted by molar-refractivity contribution is 4.97. The van der Waals surface area contributed by atoms with Crippen LogP contribution in [0.15, 0.2) is 11.9 Å². The van der Waals surface area contributed by atoms with Gasteiger partial charge in [0.25, 0.3) is 0 Å². The smallest absolute Gasteiger partial charge is 0.0262 e. The van der Waals surface area contributed by atoms with Crippen molar-refractivity contribution in [1.82, 2.24) is 9.80 Å². The van der Waals surface area contributed by atoms with Gasteiger partial charge in [-0.1, -0.05) is 27.7 Å². The lowest BCUT2D eigenvalue weighted by atomic mass is 10.3. The Morgan fingerprint density at radius 3 is 1.53 bits per heavy atom. The Labute approximate surface area is 109 Å². The molecule has 0 amide bonds. The molecule has 0 saturated heterocycles. The highest BCUT2D eigenvalue weighted by atomic mass is 15.2. The first-order chi connectivity index (χ1) is 8.19. The minimum Gasteiger partial charge on any atom is -0.376 e. The molecule has 0 aliphatic carbocycles. The molecule has 2 heteroatoms. The van der Waals surface area contributed by atoms with Crippen molar-refractivity contribution in [3.05, 3.63) is 11.9 Å². The molecule has 0 aromatic carbocycles. The summed E-state index contributed by atoms with van der Waals surface area (Å²) in [6.07, 6.45) is 7.27. The summed E-state index contributed by atoms with van der Waals surface area (Å²) in [7, 11) is 0. The molecule has 0 aromatic rings. The van der Waals surface area contributed by atoms with Crippen molar-refractivity contribution < 1.29 is 0 Å². The quantitative estimate of drug-likeness (QED) is 0.567. The zero-order valence-corrected chi connectivity index (χ0v) is 12.6. The molecule has 0 aromatic heterocycles. The predicted molar refractivity (Wildman–Crippen MR) is 78.1 cm³/mol. The van der Waals surface area contributed by atoms with Crippen LogP contribution in [0, 0.1) is 0 Å². The van der Waals surface area contributed by atoms with Gasteiger partial charge in [-0.25, -0.2) is 0 Å². The second kappa shape index (κ2) is 10.5. The average Bonchev–Trinajstić information content (AvgIpc) is 2.29. The molecule has 102 valence electrons. The minimum atomic E-state index is 1.18. The Morgan fingerprint density at radius 1 is 0.765 bits per heavy atom. The van der Waals surface area contributed by atoms with E-state index < -0.39 is 0 Å². The largest absolute Gasteiger partial charge is 0.376 e. The van der Waals surface area contributed by atoms with Crippen molar-refractivity contribution in [2.75, 3.05) is 26.2 Å². The van der Waals surface area contributed by atoms with Crippen LogP contribution in [-0.2, 0) is 0 Å². The number of rotatable bonds is 10. The lowest BCUT2D eigenvalue weighted by molar-refractivity contribution is 0.316. The van der Waals surface area contributed by atoms with Crippen LogP contribution < -0.4 is 0 Å². The van der Waals surface area contributed by atoms with E-state index in [-0.39, 0.29) is 0 Å². The lowest BCUT2D eigenvalue weighted by Crippen LogP contribution is -2.27. The Kier molecular flexibility index (Phi) is 10.1. The summed E-state index contributed by atoms with van der Waals surface area (Å²) >= 11 is 0. The first-order valence-electron chi connectivity index (χ1n) is 7.36. The van der Waals surface area contributed by atoms with Crippen LogP contribution in [0.25, 0.3) is 0 Å². The Bertz CT molecular complexity index is 187. The van der Waals surface area contributed by atoms with Crippen LogP contribution in [0.5, 0.6) is 0 Å². The number of hydrogen-bond acceptors (Lipinski definition) is 2. The van der Waals surface area contributed by atoms with Gasteiger partial charge in [0, 0.05) is 38.1 Å². The van der Waals surface area contributed by atoms with Gasteiger partial charge in [-0.15, -0.1) is 0 Å². The lowest BCUT2D eigenvalue weighted by Gasteiger charge is -2.28. The topological polar surface area (TPSA) is 6.48 Å². The van der Waals surface area contributed by atoms with Crippen LogP contribution in [0.1, 0.15) is 60.3 Å². The maximum atomic E-state index is 2.51. The highest BCUT2D eigenvalue weighted by Gasteiger charge is 2.05. The first kappa shape index (κ1) is 16.3. The van der Waals surface area contributed by atoms with E-state index in [9.17, 15) is 0 Å². The molecule has 0 atom stereocenters. The molecule has 0 spiro atoms. The summed E-state index contributed by atoms with van der Waals surface area (Å²) in [4.78, 5) is 4.98. The molecule has 0 fully saturated rings. The minimum absolute atomic E-state index is 1.18. The second-order valence-corrected chi connectivity index (χ2v) is 4.79. The van der Waals surface area contributed by atoms with E-state index >= 15 is 0 Å². The molecular weight excluding hydrogens is 208 g/mol. The van der Waals surface area contributed by atoms with Gasteiger partial charge in [0.05, 0.1) is 0 Å². The van der Waals surface area contributed by atoms with Gasteiger partial charge in [0.1, 0.15) is 0 Å². The molecule has 0 aliphatic rings. The number of nitrogens with zero attached hydrogens (tertiary/aromatic N) is 2. The molecule has 2 nitrogen and oxygen atoms in total. The number of allylic oxidation sites excluding steroid dienone is 1. The van der Waals surface area contributed by atoms with Crippen LogP contribution in [0.4, 0.5) is 0 Å². The van der Waals surface area contributed by atoms with E-state index in [0.29, 0.717) is 0 Å². The normalized spacial score (nSPS) is 11.7. The van der Waals surface area contributed by atoms with Crippen molar-refractivity contribution in [2.45, 2.75) is 60.3 Å². The van der Waals surface area contributed by atoms with Crippen LogP contribution >= 0.6 is 0 Å². The van der Waals surface area contributed by atoms with Gasteiger partial charge in [0.15, 0.2) is 0 Å². The number of hydrogen-bond donors (Lipinski definition) is 0. The molecule has 0 aliphatic heterocycles. The van der Waals surface area contributed by atoms with E-state index in [0.717, 1.165) is 0 Å². The Balaban J connectivity index is 4.49. The molecule has 0 rings (SSSR count). The molecule has 0 heterocycles. The van der Waals surface area contributed by atoms with Crippen molar-refractivity contribution >= 4 is 0 Å². The zero-order chi connectivity index (χ0) is 13.1. The average molecular weight is 240 g/mol. The van der Waals surface area contributed by atoms with E-state index in [4.69, 9.17) is 0 Å². The fourth-order valence-corrected chi connectivity index (χ4v) is 2.17. The van der Waals surface area contributed by atoms with Gasteiger partial charge < -0.3 is 9.80 Å². The molecule has 0 unspecified atom stereocenters. The monoisotopic (exact) mass is 240 g/mol. The third-order valence-corrected chi connectivity index (χ3v) is 2.88. The maximum Gasteiger partial charge on any atom is 0.0262 e. The predicted octanol–water partition coefficient (Wildman–Crippen LogP) is 4.09. The summed E-state index contributed by atoms with van der Waals surface area (Å²) in [6.45, 7) is 16.0. The molecule has 0 radical (unpaired) electrons. The van der Waals surface area contributed by atoms with Crippen LogP contribution in [0.3, 0.4) is 0 Å². The Hall–Kier alpha value is -0.660. The van der Waals surface area contributed by atoms with Crippen molar-refractivity contribution in [3.8, 4) is 0 Å². The van der Waals surface area contributed by atoms with Gasteiger partial charge in [-0.2, -0.15) is 0 Å². The molecule has 0 saturated carbocycles. The molecule has 0 N–H and O–H groups in total. The second-order valence-electron chi connectivity index (χ2n) is 4.79. The van der Waals surface area contributed by atoms with Crippen molar-refractivity contribution in [2.24, 2.45) is 0 Å².